The molecule has 0 aliphatic heterocycles. The lowest BCUT2D eigenvalue weighted by Crippen LogP contribution is -2.19. The van der Waals surface area contributed by atoms with E-state index in [2.05, 4.69) is 37.9 Å². The summed E-state index contributed by atoms with van der Waals surface area (Å²) < 4.78 is 0. The van der Waals surface area contributed by atoms with Crippen LogP contribution in [0.25, 0.3) is 0 Å². The van der Waals surface area contributed by atoms with Gasteiger partial charge < -0.3 is 0 Å². The fourth-order valence-corrected chi connectivity index (χ4v) is 4.09. The molecule has 1 heteroatoms. The molecule has 0 heterocycles. The standard InChI is InChI=1S/C14H21P/c1-11-7-3-4-8-12(11)13-9-5-6-10-14(13)15-2/h3-4,7-8,13-15H,5-6,9-10H2,1-2H3. The van der Waals surface area contributed by atoms with Crippen LogP contribution >= 0.6 is 8.58 Å². The summed E-state index contributed by atoms with van der Waals surface area (Å²) in [6.07, 6.45) is 5.75. The summed E-state index contributed by atoms with van der Waals surface area (Å²) in [7, 11) is 1.11. The maximum absolute atomic E-state index is 2.38. The average molecular weight is 220 g/mol. The number of benzene rings is 1. The van der Waals surface area contributed by atoms with Gasteiger partial charge in [-0.25, -0.2) is 0 Å². The molecule has 3 unspecified atom stereocenters. The first-order chi connectivity index (χ1) is 7.33. The van der Waals surface area contributed by atoms with Crippen molar-refractivity contribution in [2.45, 2.75) is 44.2 Å². The van der Waals surface area contributed by atoms with Gasteiger partial charge in [-0.3, -0.25) is 0 Å². The van der Waals surface area contributed by atoms with Crippen LogP contribution in [0.1, 0.15) is 42.7 Å². The largest absolute Gasteiger partial charge is 0.121 e. The van der Waals surface area contributed by atoms with Gasteiger partial charge in [-0.2, -0.15) is 0 Å². The molecule has 1 aromatic carbocycles. The molecule has 0 amide bonds. The minimum Gasteiger partial charge on any atom is -0.121 e. The van der Waals surface area contributed by atoms with Gasteiger partial charge >= 0.3 is 0 Å². The average Bonchev–Trinajstić information content (AvgIpc) is 2.30. The zero-order valence-electron chi connectivity index (χ0n) is 9.79. The predicted octanol–water partition coefficient (Wildman–Crippen LogP) is 4.33. The van der Waals surface area contributed by atoms with Crippen LogP contribution in [-0.2, 0) is 0 Å². The maximum Gasteiger partial charge on any atom is -0.00941 e. The van der Waals surface area contributed by atoms with Gasteiger partial charge in [-0.05, 0) is 49.1 Å². The molecule has 0 N–H and O–H groups in total. The number of aryl methyl sites for hydroxylation is 1. The van der Waals surface area contributed by atoms with Crippen molar-refractivity contribution >= 4 is 8.58 Å². The molecule has 0 radical (unpaired) electrons. The Morgan fingerprint density at radius 2 is 1.87 bits per heavy atom. The van der Waals surface area contributed by atoms with Crippen LogP contribution in [0.2, 0.25) is 0 Å². The normalized spacial score (nSPS) is 27.3. The second kappa shape index (κ2) is 5.12. The molecule has 0 aromatic heterocycles. The molecule has 1 aromatic rings. The van der Waals surface area contributed by atoms with Crippen molar-refractivity contribution in [1.82, 2.24) is 0 Å². The molecule has 0 bridgehead atoms. The van der Waals surface area contributed by atoms with Gasteiger partial charge in [0.05, 0.1) is 0 Å². The van der Waals surface area contributed by atoms with E-state index in [-0.39, 0.29) is 0 Å². The molecule has 1 saturated carbocycles. The van der Waals surface area contributed by atoms with Gasteiger partial charge in [-0.15, -0.1) is 8.58 Å². The van der Waals surface area contributed by atoms with E-state index >= 15 is 0 Å². The highest BCUT2D eigenvalue weighted by Gasteiger charge is 2.25. The zero-order valence-corrected chi connectivity index (χ0v) is 10.8. The summed E-state index contributed by atoms with van der Waals surface area (Å²) in [5.41, 5.74) is 4.07. The van der Waals surface area contributed by atoms with Gasteiger partial charge in [0.2, 0.25) is 0 Å². The Morgan fingerprint density at radius 1 is 1.13 bits per heavy atom. The number of hydrogen-bond acceptors (Lipinski definition) is 0. The molecule has 0 spiro atoms. The lowest BCUT2D eigenvalue weighted by Gasteiger charge is -2.32. The summed E-state index contributed by atoms with van der Waals surface area (Å²) in [5, 5.41) is 0. The van der Waals surface area contributed by atoms with Crippen molar-refractivity contribution < 1.29 is 0 Å². The highest BCUT2D eigenvalue weighted by atomic mass is 31.1. The Hall–Kier alpha value is -0.350. The van der Waals surface area contributed by atoms with E-state index in [1.54, 1.807) is 5.56 Å². The van der Waals surface area contributed by atoms with E-state index in [0.717, 1.165) is 20.2 Å². The summed E-state index contributed by atoms with van der Waals surface area (Å²) >= 11 is 0. The lowest BCUT2D eigenvalue weighted by atomic mass is 9.82. The molecular weight excluding hydrogens is 199 g/mol. The fourth-order valence-electron chi connectivity index (χ4n) is 2.85. The van der Waals surface area contributed by atoms with Crippen LogP contribution in [0, 0.1) is 6.92 Å². The van der Waals surface area contributed by atoms with E-state index in [1.165, 1.54) is 31.2 Å². The highest BCUT2D eigenvalue weighted by Crippen LogP contribution is 2.42. The number of hydrogen-bond donors (Lipinski definition) is 0. The Labute approximate surface area is 95.3 Å². The topological polar surface area (TPSA) is 0 Å². The molecule has 2 rings (SSSR count). The maximum atomic E-state index is 2.38. The van der Waals surface area contributed by atoms with Gasteiger partial charge in [0.15, 0.2) is 0 Å². The Morgan fingerprint density at radius 3 is 2.60 bits per heavy atom. The number of rotatable bonds is 2. The summed E-state index contributed by atoms with van der Waals surface area (Å²) in [4.78, 5) is 0. The third-order valence-corrected chi connectivity index (χ3v) is 5.16. The van der Waals surface area contributed by atoms with Gasteiger partial charge in [-0.1, -0.05) is 37.1 Å². The fraction of sp³-hybridized carbons (Fsp3) is 0.571. The predicted molar refractivity (Wildman–Crippen MR) is 70.4 cm³/mol. The molecular formula is C14H21P. The summed E-state index contributed by atoms with van der Waals surface area (Å²) in [6.45, 7) is 4.64. The van der Waals surface area contributed by atoms with Gasteiger partial charge in [0.1, 0.15) is 0 Å². The monoisotopic (exact) mass is 220 g/mol. The van der Waals surface area contributed by atoms with Crippen molar-refractivity contribution in [3.63, 3.8) is 0 Å². The molecule has 1 aliphatic rings. The van der Waals surface area contributed by atoms with E-state index in [4.69, 9.17) is 0 Å². The first kappa shape index (κ1) is 11.1. The van der Waals surface area contributed by atoms with Crippen LogP contribution in [0.15, 0.2) is 24.3 Å². The van der Waals surface area contributed by atoms with E-state index < -0.39 is 0 Å². The van der Waals surface area contributed by atoms with Crippen LogP contribution in [0.4, 0.5) is 0 Å². The second-order valence-electron chi connectivity index (χ2n) is 4.64. The van der Waals surface area contributed by atoms with Gasteiger partial charge in [0, 0.05) is 0 Å². The van der Waals surface area contributed by atoms with Crippen LogP contribution < -0.4 is 0 Å². The quantitative estimate of drug-likeness (QED) is 0.651. The second-order valence-corrected chi connectivity index (χ2v) is 5.96. The van der Waals surface area contributed by atoms with E-state index in [9.17, 15) is 0 Å². The SMILES string of the molecule is CPC1CCCCC1c1ccccc1C. The first-order valence-corrected chi connectivity index (χ1v) is 7.63. The van der Waals surface area contributed by atoms with Crippen molar-refractivity contribution in [1.29, 1.82) is 0 Å². The molecule has 1 aliphatic carbocycles. The third kappa shape index (κ3) is 2.42. The lowest BCUT2D eigenvalue weighted by molar-refractivity contribution is 0.452. The van der Waals surface area contributed by atoms with E-state index in [0.29, 0.717) is 0 Å². The molecule has 1 fully saturated rings. The van der Waals surface area contributed by atoms with E-state index in [1.807, 2.05) is 0 Å². The molecule has 82 valence electrons. The van der Waals surface area contributed by atoms with Gasteiger partial charge in [0.25, 0.3) is 0 Å². The van der Waals surface area contributed by atoms with Crippen molar-refractivity contribution in [3.05, 3.63) is 35.4 Å². The molecule has 3 atom stereocenters. The Balaban J connectivity index is 2.24. The van der Waals surface area contributed by atoms with Crippen molar-refractivity contribution in [3.8, 4) is 0 Å². The minimum absolute atomic E-state index is 0.850. The Kier molecular flexibility index (Phi) is 3.81. The van der Waals surface area contributed by atoms with Crippen molar-refractivity contribution in [2.24, 2.45) is 0 Å². The summed E-state index contributed by atoms with van der Waals surface area (Å²) in [6, 6.07) is 8.97. The van der Waals surface area contributed by atoms with Crippen LogP contribution in [-0.4, -0.2) is 12.3 Å². The smallest absolute Gasteiger partial charge is 0.00941 e. The van der Waals surface area contributed by atoms with Crippen LogP contribution in [0.3, 0.4) is 0 Å². The zero-order chi connectivity index (χ0) is 10.7. The van der Waals surface area contributed by atoms with Crippen LogP contribution in [0.5, 0.6) is 0 Å². The highest BCUT2D eigenvalue weighted by molar-refractivity contribution is 7.38. The molecule has 0 nitrogen and oxygen atoms in total. The first-order valence-electron chi connectivity index (χ1n) is 6.05. The third-order valence-electron chi connectivity index (χ3n) is 3.72. The summed E-state index contributed by atoms with van der Waals surface area (Å²) in [5.74, 6) is 0.850. The molecule has 15 heavy (non-hydrogen) atoms. The minimum atomic E-state index is 0.850. The Bertz CT molecular complexity index is 319. The van der Waals surface area contributed by atoms with Crippen molar-refractivity contribution in [2.75, 3.05) is 6.66 Å². The molecule has 0 saturated heterocycles.